The number of hydrogen-bond acceptors (Lipinski definition) is 6. The number of esters is 1. The Balaban J connectivity index is 1.98. The van der Waals surface area contributed by atoms with Crippen molar-refractivity contribution in [3.63, 3.8) is 0 Å². The molecule has 1 aromatic rings. The van der Waals surface area contributed by atoms with Gasteiger partial charge in [0, 0.05) is 13.1 Å². The fraction of sp³-hybridized carbons (Fsp3) is 0.550. The molecule has 8 nitrogen and oxygen atoms in total. The molecule has 28 heavy (non-hydrogen) atoms. The number of carbonyl (C=O) groups is 2. The highest BCUT2D eigenvalue weighted by atomic mass is 16.6. The fourth-order valence-electron chi connectivity index (χ4n) is 3.21. The molecule has 4 N–H and O–H groups in total. The molecule has 0 aliphatic carbocycles. The summed E-state index contributed by atoms with van der Waals surface area (Å²) in [5.41, 5.74) is 6.16. The number of benzene rings is 1. The lowest BCUT2D eigenvalue weighted by molar-refractivity contribution is -0.153. The second-order valence-corrected chi connectivity index (χ2v) is 7.81. The summed E-state index contributed by atoms with van der Waals surface area (Å²) in [6, 6.07) is 9.04. The number of ether oxygens (including phenoxy) is 2. The minimum atomic E-state index is -0.706. The number of carbonyl (C=O) groups excluding carboxylic acids is 2. The summed E-state index contributed by atoms with van der Waals surface area (Å²) >= 11 is 0. The largest absolute Gasteiger partial charge is 0.461 e. The van der Waals surface area contributed by atoms with E-state index in [1.807, 2.05) is 30.3 Å². The van der Waals surface area contributed by atoms with E-state index in [1.54, 1.807) is 25.7 Å². The van der Waals surface area contributed by atoms with Crippen LogP contribution in [0.3, 0.4) is 0 Å². The van der Waals surface area contributed by atoms with Gasteiger partial charge < -0.3 is 20.1 Å². The van der Waals surface area contributed by atoms with E-state index in [2.05, 4.69) is 5.32 Å². The zero-order valence-electron chi connectivity index (χ0n) is 16.7. The molecule has 0 saturated carbocycles. The highest BCUT2D eigenvalue weighted by Crippen LogP contribution is 2.25. The Morgan fingerprint density at radius 1 is 1.29 bits per heavy atom. The average Bonchev–Trinajstić information content (AvgIpc) is 2.64. The molecule has 154 valence electrons. The lowest BCUT2D eigenvalue weighted by atomic mass is 9.89. The number of nitrogens with zero attached hydrogens (tertiary/aromatic N) is 1. The SMILES string of the molecule is CC(C)(C)OC(=O)NC(=N)N1CCCC(C(=O)OCc2ccccc2)C1CN. The molecule has 0 aromatic heterocycles. The van der Waals surface area contributed by atoms with Gasteiger partial charge in [-0.2, -0.15) is 0 Å². The van der Waals surface area contributed by atoms with Crippen molar-refractivity contribution in [2.24, 2.45) is 11.7 Å². The van der Waals surface area contributed by atoms with Gasteiger partial charge in [-0.05, 0) is 39.2 Å². The summed E-state index contributed by atoms with van der Waals surface area (Å²) in [7, 11) is 0. The van der Waals surface area contributed by atoms with E-state index in [9.17, 15) is 9.59 Å². The van der Waals surface area contributed by atoms with Crippen molar-refractivity contribution in [3.8, 4) is 0 Å². The van der Waals surface area contributed by atoms with Gasteiger partial charge in [-0.1, -0.05) is 30.3 Å². The molecule has 2 unspecified atom stereocenters. The van der Waals surface area contributed by atoms with Gasteiger partial charge in [-0.15, -0.1) is 0 Å². The van der Waals surface area contributed by atoms with Crippen LogP contribution in [0.2, 0.25) is 0 Å². The fourth-order valence-corrected chi connectivity index (χ4v) is 3.21. The number of hydrogen-bond donors (Lipinski definition) is 3. The standard InChI is InChI=1S/C20H30N4O4/c1-20(2,3)28-19(26)23-18(22)24-11-7-10-15(16(24)12-21)17(25)27-13-14-8-5-4-6-9-14/h4-6,8-9,15-16H,7,10-13,21H2,1-3H3,(H2,22,23,26). The van der Waals surface area contributed by atoms with Crippen molar-refractivity contribution in [2.75, 3.05) is 13.1 Å². The third kappa shape index (κ3) is 6.23. The molecule has 2 atom stereocenters. The minimum absolute atomic E-state index is 0.120. The second kappa shape index (κ2) is 9.54. The monoisotopic (exact) mass is 390 g/mol. The highest BCUT2D eigenvalue weighted by Gasteiger charge is 2.38. The first-order chi connectivity index (χ1) is 13.2. The van der Waals surface area contributed by atoms with Crippen LogP contribution < -0.4 is 11.1 Å². The predicted molar refractivity (Wildman–Crippen MR) is 106 cm³/mol. The summed E-state index contributed by atoms with van der Waals surface area (Å²) < 4.78 is 10.7. The van der Waals surface area contributed by atoms with Crippen molar-refractivity contribution in [2.45, 2.75) is 51.9 Å². The quantitative estimate of drug-likeness (QED) is 0.412. The van der Waals surface area contributed by atoms with Crippen molar-refractivity contribution >= 4 is 18.0 Å². The Labute approximate surface area is 165 Å². The van der Waals surface area contributed by atoms with E-state index in [1.165, 1.54) is 0 Å². The Morgan fingerprint density at radius 3 is 2.57 bits per heavy atom. The van der Waals surface area contributed by atoms with Crippen molar-refractivity contribution in [3.05, 3.63) is 35.9 Å². The van der Waals surface area contributed by atoms with E-state index in [0.717, 1.165) is 5.56 Å². The van der Waals surface area contributed by atoms with Crippen molar-refractivity contribution < 1.29 is 19.1 Å². The van der Waals surface area contributed by atoms with Gasteiger partial charge in [0.25, 0.3) is 0 Å². The van der Waals surface area contributed by atoms with Gasteiger partial charge >= 0.3 is 12.1 Å². The summed E-state index contributed by atoms with van der Waals surface area (Å²) in [6.07, 6.45) is 0.619. The molecule has 0 spiro atoms. The molecule has 1 heterocycles. The first kappa shape index (κ1) is 21.7. The third-order valence-corrected chi connectivity index (χ3v) is 4.45. The van der Waals surface area contributed by atoms with Crippen LogP contribution in [0.15, 0.2) is 30.3 Å². The number of amides is 1. The minimum Gasteiger partial charge on any atom is -0.461 e. The predicted octanol–water partition coefficient (Wildman–Crippen LogP) is 2.23. The van der Waals surface area contributed by atoms with E-state index in [4.69, 9.17) is 20.6 Å². The van der Waals surface area contributed by atoms with Gasteiger partial charge in [0.05, 0.1) is 12.0 Å². The van der Waals surface area contributed by atoms with E-state index in [0.29, 0.717) is 19.4 Å². The molecule has 0 bridgehead atoms. The highest BCUT2D eigenvalue weighted by molar-refractivity contribution is 5.92. The first-order valence-electron chi connectivity index (χ1n) is 9.47. The molecule has 1 aliphatic rings. The third-order valence-electron chi connectivity index (χ3n) is 4.45. The van der Waals surface area contributed by atoms with Crippen LogP contribution in [0.5, 0.6) is 0 Å². The number of piperidine rings is 1. The zero-order chi connectivity index (χ0) is 20.7. The molecule has 1 aromatic carbocycles. The maximum Gasteiger partial charge on any atom is 0.414 e. The van der Waals surface area contributed by atoms with E-state index in [-0.39, 0.29) is 25.1 Å². The Morgan fingerprint density at radius 2 is 1.96 bits per heavy atom. The average molecular weight is 390 g/mol. The van der Waals surface area contributed by atoms with Crippen LogP contribution >= 0.6 is 0 Å². The van der Waals surface area contributed by atoms with Crippen molar-refractivity contribution in [1.82, 2.24) is 10.2 Å². The topological polar surface area (TPSA) is 118 Å². The number of nitrogens with two attached hydrogens (primary N) is 1. The Bertz CT molecular complexity index is 687. The molecule has 1 fully saturated rings. The summed E-state index contributed by atoms with van der Waals surface area (Å²) in [5, 5.41) is 10.7. The summed E-state index contributed by atoms with van der Waals surface area (Å²) in [6.45, 7) is 6.14. The van der Waals surface area contributed by atoms with Crippen LogP contribution in [-0.2, 0) is 20.9 Å². The summed E-state index contributed by atoms with van der Waals surface area (Å²) in [5.74, 6) is -0.914. The number of nitrogens with one attached hydrogen (secondary N) is 2. The van der Waals surface area contributed by atoms with E-state index >= 15 is 0 Å². The molecular weight excluding hydrogens is 360 g/mol. The van der Waals surface area contributed by atoms with Crippen LogP contribution in [0.1, 0.15) is 39.2 Å². The van der Waals surface area contributed by atoms with Crippen LogP contribution in [0.4, 0.5) is 4.79 Å². The smallest absolute Gasteiger partial charge is 0.414 e. The van der Waals surface area contributed by atoms with E-state index < -0.39 is 23.7 Å². The van der Waals surface area contributed by atoms with Gasteiger partial charge in [-0.3, -0.25) is 15.5 Å². The maximum absolute atomic E-state index is 12.6. The lowest BCUT2D eigenvalue weighted by Gasteiger charge is -2.40. The molecule has 1 saturated heterocycles. The summed E-state index contributed by atoms with van der Waals surface area (Å²) in [4.78, 5) is 26.2. The maximum atomic E-state index is 12.6. The van der Waals surface area contributed by atoms with Crippen molar-refractivity contribution in [1.29, 1.82) is 5.41 Å². The second-order valence-electron chi connectivity index (χ2n) is 7.81. The number of rotatable bonds is 4. The number of likely N-dealkylation sites (tertiary alicyclic amines) is 1. The molecule has 0 radical (unpaired) electrons. The van der Waals surface area contributed by atoms with Gasteiger partial charge in [0.1, 0.15) is 12.2 Å². The molecule has 1 amide bonds. The lowest BCUT2D eigenvalue weighted by Crippen LogP contribution is -2.58. The normalized spacial score (nSPS) is 19.6. The van der Waals surface area contributed by atoms with Crippen LogP contribution in [0.25, 0.3) is 0 Å². The van der Waals surface area contributed by atoms with Gasteiger partial charge in [0.15, 0.2) is 0 Å². The Kier molecular flexibility index (Phi) is 7.39. The van der Waals surface area contributed by atoms with Gasteiger partial charge in [-0.25, -0.2) is 4.79 Å². The Hall–Kier alpha value is -2.61. The van der Waals surface area contributed by atoms with Crippen LogP contribution in [0, 0.1) is 11.3 Å². The number of guanidine groups is 1. The molecular formula is C20H30N4O4. The zero-order valence-corrected chi connectivity index (χ0v) is 16.7. The molecule has 8 heteroatoms. The molecule has 2 rings (SSSR count). The van der Waals surface area contributed by atoms with Gasteiger partial charge in [0.2, 0.25) is 5.96 Å². The number of alkyl carbamates (subject to hydrolysis) is 1. The first-order valence-corrected chi connectivity index (χ1v) is 9.47. The molecule has 1 aliphatic heterocycles. The van der Waals surface area contributed by atoms with Crippen LogP contribution in [-0.4, -0.2) is 47.7 Å².